The molecule has 134 valence electrons. The molecule has 0 bridgehead atoms. The van der Waals surface area contributed by atoms with Gasteiger partial charge in [0.2, 0.25) is 11.7 Å². The summed E-state index contributed by atoms with van der Waals surface area (Å²) in [6.07, 6.45) is 0. The van der Waals surface area contributed by atoms with E-state index in [0.29, 0.717) is 28.8 Å². The first kappa shape index (κ1) is 18.8. The number of ether oxygens (including phenoxy) is 2. The summed E-state index contributed by atoms with van der Waals surface area (Å²) in [7, 11) is 4.56. The molecule has 1 aromatic carbocycles. The fourth-order valence-electron chi connectivity index (χ4n) is 2.21. The number of amides is 1. The monoisotopic (exact) mass is 366 g/mol. The van der Waals surface area contributed by atoms with Gasteiger partial charge in [-0.1, -0.05) is 11.6 Å². The van der Waals surface area contributed by atoms with E-state index in [9.17, 15) is 9.59 Å². The largest absolute Gasteiger partial charge is 0.495 e. The second kappa shape index (κ2) is 8.55. The maximum Gasteiger partial charge on any atom is 0.373 e. The van der Waals surface area contributed by atoms with Gasteiger partial charge in [0.25, 0.3) is 0 Å². The molecule has 0 aliphatic rings. The van der Waals surface area contributed by atoms with Gasteiger partial charge in [0.1, 0.15) is 11.5 Å². The molecule has 0 unspecified atom stereocenters. The highest BCUT2D eigenvalue weighted by atomic mass is 35.5. The predicted molar refractivity (Wildman–Crippen MR) is 93.0 cm³/mol. The van der Waals surface area contributed by atoms with Crippen molar-refractivity contribution >= 4 is 29.2 Å². The third kappa shape index (κ3) is 5.23. The maximum atomic E-state index is 12.2. The SMILES string of the molecule is COC(=O)c1ccc(CN(C)CC(=O)Nc2cc(Cl)ccc2OC)o1. The fourth-order valence-corrected chi connectivity index (χ4v) is 2.38. The summed E-state index contributed by atoms with van der Waals surface area (Å²) < 4.78 is 15.1. The Balaban J connectivity index is 1.93. The zero-order chi connectivity index (χ0) is 18.4. The number of furan rings is 1. The summed E-state index contributed by atoms with van der Waals surface area (Å²) in [5, 5.41) is 3.25. The summed E-state index contributed by atoms with van der Waals surface area (Å²) in [6, 6.07) is 8.18. The highest BCUT2D eigenvalue weighted by molar-refractivity contribution is 6.31. The standard InChI is InChI=1S/C17H19ClN2O5/c1-20(9-12-5-7-15(25-12)17(22)24-3)10-16(21)19-13-8-11(18)4-6-14(13)23-2/h4-8H,9-10H2,1-3H3,(H,19,21). The minimum atomic E-state index is -0.542. The molecule has 0 aliphatic heterocycles. The Labute approximate surface area is 150 Å². The van der Waals surface area contributed by atoms with Crippen LogP contribution in [0.15, 0.2) is 34.7 Å². The first-order valence-electron chi connectivity index (χ1n) is 7.42. The normalized spacial score (nSPS) is 10.6. The summed E-state index contributed by atoms with van der Waals surface area (Å²) >= 11 is 5.94. The molecule has 1 amide bonds. The molecule has 0 radical (unpaired) electrons. The van der Waals surface area contributed by atoms with Gasteiger partial charge in [0, 0.05) is 5.02 Å². The summed E-state index contributed by atoms with van der Waals surface area (Å²) in [5.74, 6) is 0.423. The van der Waals surface area contributed by atoms with E-state index in [1.807, 2.05) is 0 Å². The van der Waals surface area contributed by atoms with Gasteiger partial charge in [-0.3, -0.25) is 9.69 Å². The van der Waals surface area contributed by atoms with Gasteiger partial charge in [-0.2, -0.15) is 0 Å². The van der Waals surface area contributed by atoms with Crippen LogP contribution in [0.2, 0.25) is 5.02 Å². The summed E-state index contributed by atoms with van der Waals surface area (Å²) in [4.78, 5) is 25.3. The van der Waals surface area contributed by atoms with Crippen LogP contribution in [-0.2, 0) is 16.1 Å². The maximum absolute atomic E-state index is 12.2. The predicted octanol–water partition coefficient (Wildman–Crippen LogP) is 2.80. The van der Waals surface area contributed by atoms with Crippen LogP contribution in [0.4, 0.5) is 5.69 Å². The molecule has 8 heteroatoms. The van der Waals surface area contributed by atoms with Crippen LogP contribution in [0.5, 0.6) is 5.75 Å². The Morgan fingerprint density at radius 3 is 2.68 bits per heavy atom. The van der Waals surface area contributed by atoms with Crippen LogP contribution in [0.1, 0.15) is 16.3 Å². The number of hydrogen-bond acceptors (Lipinski definition) is 6. The summed E-state index contributed by atoms with van der Waals surface area (Å²) in [5.41, 5.74) is 0.499. The molecule has 2 aromatic rings. The molecule has 0 saturated heterocycles. The number of carbonyl (C=O) groups excluding carboxylic acids is 2. The Morgan fingerprint density at radius 1 is 1.24 bits per heavy atom. The number of carbonyl (C=O) groups is 2. The molecule has 25 heavy (non-hydrogen) atoms. The lowest BCUT2D eigenvalue weighted by molar-refractivity contribution is -0.117. The number of benzene rings is 1. The highest BCUT2D eigenvalue weighted by Crippen LogP contribution is 2.27. The van der Waals surface area contributed by atoms with E-state index in [-0.39, 0.29) is 18.2 Å². The van der Waals surface area contributed by atoms with Crippen LogP contribution in [0, 0.1) is 0 Å². The Kier molecular flexibility index (Phi) is 6.44. The van der Waals surface area contributed by atoms with E-state index < -0.39 is 5.97 Å². The Morgan fingerprint density at radius 2 is 2.00 bits per heavy atom. The van der Waals surface area contributed by atoms with Crippen molar-refractivity contribution in [1.29, 1.82) is 0 Å². The van der Waals surface area contributed by atoms with Gasteiger partial charge in [-0.05, 0) is 37.4 Å². The van der Waals surface area contributed by atoms with Crippen molar-refractivity contribution < 1.29 is 23.5 Å². The van der Waals surface area contributed by atoms with Crippen molar-refractivity contribution in [3.63, 3.8) is 0 Å². The zero-order valence-corrected chi connectivity index (χ0v) is 14.9. The highest BCUT2D eigenvalue weighted by Gasteiger charge is 2.14. The molecule has 1 aromatic heterocycles. The third-order valence-corrected chi connectivity index (χ3v) is 3.56. The summed E-state index contributed by atoms with van der Waals surface area (Å²) in [6.45, 7) is 0.473. The molecule has 0 aliphatic carbocycles. The average Bonchev–Trinajstić information content (AvgIpc) is 3.02. The lowest BCUT2D eigenvalue weighted by Gasteiger charge is -2.16. The van der Waals surface area contributed by atoms with Crippen LogP contribution in [-0.4, -0.2) is 44.6 Å². The second-order valence-corrected chi connectivity index (χ2v) is 5.76. The van der Waals surface area contributed by atoms with Gasteiger partial charge in [-0.15, -0.1) is 0 Å². The lowest BCUT2D eigenvalue weighted by atomic mass is 10.3. The van der Waals surface area contributed by atoms with E-state index in [4.69, 9.17) is 20.8 Å². The van der Waals surface area contributed by atoms with E-state index >= 15 is 0 Å². The van der Waals surface area contributed by atoms with Gasteiger partial charge >= 0.3 is 5.97 Å². The van der Waals surface area contributed by atoms with Crippen molar-refractivity contribution in [1.82, 2.24) is 4.90 Å². The smallest absolute Gasteiger partial charge is 0.373 e. The minimum Gasteiger partial charge on any atom is -0.495 e. The van der Waals surface area contributed by atoms with Gasteiger partial charge in [-0.25, -0.2) is 4.79 Å². The van der Waals surface area contributed by atoms with Crippen molar-refractivity contribution in [2.24, 2.45) is 0 Å². The number of methoxy groups -OCH3 is 2. The van der Waals surface area contributed by atoms with Crippen LogP contribution >= 0.6 is 11.6 Å². The molecular weight excluding hydrogens is 348 g/mol. The van der Waals surface area contributed by atoms with E-state index in [2.05, 4.69) is 10.1 Å². The molecule has 0 atom stereocenters. The second-order valence-electron chi connectivity index (χ2n) is 5.32. The molecule has 0 fully saturated rings. The molecule has 7 nitrogen and oxygen atoms in total. The van der Waals surface area contributed by atoms with Gasteiger partial charge in [0.05, 0.1) is 33.0 Å². The number of halogens is 1. The average molecular weight is 367 g/mol. The number of esters is 1. The number of hydrogen-bond donors (Lipinski definition) is 1. The van der Waals surface area contributed by atoms with Crippen LogP contribution < -0.4 is 10.1 Å². The van der Waals surface area contributed by atoms with Crippen LogP contribution in [0.3, 0.4) is 0 Å². The van der Waals surface area contributed by atoms with Crippen molar-refractivity contribution in [2.45, 2.75) is 6.54 Å². The number of anilines is 1. The van der Waals surface area contributed by atoms with E-state index in [0.717, 1.165) is 0 Å². The topological polar surface area (TPSA) is 81.0 Å². The van der Waals surface area contributed by atoms with E-state index in [1.54, 1.807) is 36.2 Å². The number of rotatable bonds is 7. The first-order chi connectivity index (χ1) is 11.9. The quantitative estimate of drug-likeness (QED) is 0.759. The van der Waals surface area contributed by atoms with Crippen LogP contribution in [0.25, 0.3) is 0 Å². The first-order valence-corrected chi connectivity index (χ1v) is 7.79. The Bertz CT molecular complexity index is 759. The number of nitrogens with zero attached hydrogens (tertiary/aromatic N) is 1. The van der Waals surface area contributed by atoms with Crippen molar-refractivity contribution in [3.05, 3.63) is 46.9 Å². The Hall–Kier alpha value is -2.51. The fraction of sp³-hybridized carbons (Fsp3) is 0.294. The number of nitrogens with one attached hydrogen (secondary N) is 1. The van der Waals surface area contributed by atoms with Gasteiger partial charge in [0.15, 0.2) is 0 Å². The third-order valence-electron chi connectivity index (χ3n) is 3.32. The van der Waals surface area contributed by atoms with E-state index in [1.165, 1.54) is 20.3 Å². The molecule has 2 rings (SSSR count). The lowest BCUT2D eigenvalue weighted by Crippen LogP contribution is -2.29. The van der Waals surface area contributed by atoms with Crippen molar-refractivity contribution in [3.8, 4) is 5.75 Å². The van der Waals surface area contributed by atoms with Crippen molar-refractivity contribution in [2.75, 3.05) is 33.1 Å². The molecule has 1 heterocycles. The zero-order valence-electron chi connectivity index (χ0n) is 14.2. The molecular formula is C17H19ClN2O5. The molecule has 0 saturated carbocycles. The molecule has 0 spiro atoms. The van der Waals surface area contributed by atoms with Gasteiger partial charge < -0.3 is 19.2 Å². The number of likely N-dealkylation sites (N-methyl/N-ethyl adjacent to an activating group) is 1. The minimum absolute atomic E-state index is 0.115. The molecule has 1 N–H and O–H groups in total.